The van der Waals surface area contributed by atoms with Gasteiger partial charge in [-0.2, -0.15) is 0 Å². The zero-order valence-corrected chi connectivity index (χ0v) is 11.8. The molecule has 0 aliphatic heterocycles. The molecule has 0 saturated heterocycles. The summed E-state index contributed by atoms with van der Waals surface area (Å²) in [6.07, 6.45) is 0.699. The predicted molar refractivity (Wildman–Crippen MR) is 70.6 cm³/mol. The smallest absolute Gasteiger partial charge is 0.323 e. The number of carbonyl (C=O) groups excluding carboxylic acids is 1. The van der Waals surface area contributed by atoms with Gasteiger partial charge in [-0.05, 0) is 26.8 Å². The summed E-state index contributed by atoms with van der Waals surface area (Å²) in [7, 11) is 0. The fourth-order valence-corrected chi connectivity index (χ4v) is 2.30. The number of ether oxygens (including phenoxy) is 1. The van der Waals surface area contributed by atoms with E-state index in [2.05, 4.69) is 20.5 Å². The fourth-order valence-electron chi connectivity index (χ4n) is 1.45. The number of H-pyrrole nitrogens is 1. The van der Waals surface area contributed by atoms with Gasteiger partial charge in [0.25, 0.3) is 0 Å². The van der Waals surface area contributed by atoms with E-state index in [-0.39, 0.29) is 12.0 Å². The second kappa shape index (κ2) is 8.10. The monoisotopic (exact) mass is 272 g/mol. The molecule has 1 aromatic rings. The number of aryl methyl sites for hydroxylation is 1. The van der Waals surface area contributed by atoms with E-state index in [0.29, 0.717) is 18.2 Å². The maximum absolute atomic E-state index is 11.6. The summed E-state index contributed by atoms with van der Waals surface area (Å²) < 4.78 is 5.02. The molecule has 102 valence electrons. The van der Waals surface area contributed by atoms with Gasteiger partial charge in [-0.1, -0.05) is 18.7 Å². The van der Waals surface area contributed by atoms with E-state index in [1.165, 1.54) is 11.8 Å². The van der Waals surface area contributed by atoms with Gasteiger partial charge in [0.2, 0.25) is 5.16 Å². The Kier molecular flexibility index (Phi) is 6.74. The molecular formula is C11H20N4O2S. The number of nitrogens with zero attached hydrogens (tertiary/aromatic N) is 2. The summed E-state index contributed by atoms with van der Waals surface area (Å²) in [4.78, 5) is 15.8. The van der Waals surface area contributed by atoms with Gasteiger partial charge in [-0.25, -0.2) is 4.98 Å². The minimum absolute atomic E-state index is 0.189. The van der Waals surface area contributed by atoms with Gasteiger partial charge in [0, 0.05) is 5.75 Å². The van der Waals surface area contributed by atoms with Crippen molar-refractivity contribution in [1.29, 1.82) is 0 Å². The molecule has 1 atom stereocenters. The first kappa shape index (κ1) is 15.0. The maximum Gasteiger partial charge on any atom is 0.323 e. The molecule has 0 bridgehead atoms. The van der Waals surface area contributed by atoms with E-state index in [1.807, 2.05) is 20.8 Å². The lowest BCUT2D eigenvalue weighted by Gasteiger charge is -2.15. The first-order chi connectivity index (χ1) is 8.67. The lowest BCUT2D eigenvalue weighted by Crippen LogP contribution is -2.38. The molecule has 7 heteroatoms. The van der Waals surface area contributed by atoms with Crippen molar-refractivity contribution < 1.29 is 9.53 Å². The van der Waals surface area contributed by atoms with E-state index in [1.54, 1.807) is 0 Å². The molecule has 18 heavy (non-hydrogen) atoms. The standard InChI is InChI=1S/C11H20N4O2S/c1-4-12-9(10(16)17-5-2)6-7-18-11-13-8(3)14-15-11/h9,12H,4-7H2,1-3H3,(H,13,14,15). The molecule has 1 rings (SSSR count). The third-order valence-electron chi connectivity index (χ3n) is 2.24. The Bertz CT molecular complexity index is 370. The van der Waals surface area contributed by atoms with Crippen molar-refractivity contribution in [3.63, 3.8) is 0 Å². The zero-order valence-electron chi connectivity index (χ0n) is 11.0. The molecule has 0 saturated carbocycles. The molecule has 2 N–H and O–H groups in total. The van der Waals surface area contributed by atoms with Crippen LogP contribution in [0.15, 0.2) is 5.16 Å². The molecule has 0 aliphatic rings. The van der Waals surface area contributed by atoms with Crippen LogP contribution < -0.4 is 5.32 Å². The van der Waals surface area contributed by atoms with Gasteiger partial charge in [0.1, 0.15) is 11.9 Å². The number of aromatic nitrogens is 3. The molecule has 1 unspecified atom stereocenters. The van der Waals surface area contributed by atoms with Crippen LogP contribution in [0, 0.1) is 6.92 Å². The van der Waals surface area contributed by atoms with E-state index < -0.39 is 0 Å². The van der Waals surface area contributed by atoms with Crippen molar-refractivity contribution in [3.05, 3.63) is 5.82 Å². The first-order valence-corrected chi connectivity index (χ1v) is 7.07. The van der Waals surface area contributed by atoms with Gasteiger partial charge in [0.05, 0.1) is 6.61 Å². The van der Waals surface area contributed by atoms with Crippen LogP contribution in [0.5, 0.6) is 0 Å². The summed E-state index contributed by atoms with van der Waals surface area (Å²) in [5, 5.41) is 10.7. The second-order valence-electron chi connectivity index (χ2n) is 3.70. The van der Waals surface area contributed by atoms with E-state index >= 15 is 0 Å². The number of thioether (sulfide) groups is 1. The topological polar surface area (TPSA) is 79.9 Å². The van der Waals surface area contributed by atoms with Crippen LogP contribution in [-0.2, 0) is 9.53 Å². The van der Waals surface area contributed by atoms with E-state index in [0.717, 1.165) is 18.1 Å². The van der Waals surface area contributed by atoms with Crippen LogP contribution in [0.1, 0.15) is 26.1 Å². The first-order valence-electron chi connectivity index (χ1n) is 6.09. The highest BCUT2D eigenvalue weighted by Gasteiger charge is 2.18. The second-order valence-corrected chi connectivity index (χ2v) is 4.76. The Labute approximate surface area is 111 Å². The van der Waals surface area contributed by atoms with Crippen LogP contribution in [0.2, 0.25) is 0 Å². The van der Waals surface area contributed by atoms with Crippen LogP contribution in [0.3, 0.4) is 0 Å². The Morgan fingerprint density at radius 1 is 1.56 bits per heavy atom. The Balaban J connectivity index is 2.35. The quantitative estimate of drug-likeness (QED) is 0.545. The average molecular weight is 272 g/mol. The minimum atomic E-state index is -0.248. The highest BCUT2D eigenvalue weighted by Crippen LogP contribution is 2.14. The Morgan fingerprint density at radius 3 is 2.89 bits per heavy atom. The third-order valence-corrected chi connectivity index (χ3v) is 3.12. The van der Waals surface area contributed by atoms with Gasteiger partial charge >= 0.3 is 5.97 Å². The average Bonchev–Trinajstić information content (AvgIpc) is 2.74. The van der Waals surface area contributed by atoms with Crippen molar-refractivity contribution >= 4 is 17.7 Å². The summed E-state index contributed by atoms with van der Waals surface area (Å²) in [6.45, 7) is 6.79. The Hall–Kier alpha value is -1.08. The highest BCUT2D eigenvalue weighted by molar-refractivity contribution is 7.99. The molecule has 1 heterocycles. The lowest BCUT2D eigenvalue weighted by atomic mass is 10.2. The van der Waals surface area contributed by atoms with Crippen LogP contribution in [0.25, 0.3) is 0 Å². The van der Waals surface area contributed by atoms with Gasteiger partial charge in [-0.3, -0.25) is 9.89 Å². The normalized spacial score (nSPS) is 12.4. The fraction of sp³-hybridized carbons (Fsp3) is 0.727. The third kappa shape index (κ3) is 5.05. The lowest BCUT2D eigenvalue weighted by molar-refractivity contribution is -0.145. The number of carbonyl (C=O) groups is 1. The van der Waals surface area contributed by atoms with Crippen molar-refractivity contribution in [2.24, 2.45) is 0 Å². The van der Waals surface area contributed by atoms with Gasteiger partial charge in [0.15, 0.2) is 0 Å². The molecule has 0 fully saturated rings. The van der Waals surface area contributed by atoms with Crippen LogP contribution in [0.4, 0.5) is 0 Å². The summed E-state index contributed by atoms with van der Waals surface area (Å²) >= 11 is 1.53. The number of hydrogen-bond acceptors (Lipinski definition) is 6. The van der Waals surface area contributed by atoms with Crippen LogP contribution >= 0.6 is 11.8 Å². The molecule has 0 radical (unpaired) electrons. The molecule has 1 aromatic heterocycles. The van der Waals surface area contributed by atoms with E-state index in [4.69, 9.17) is 4.74 Å². The van der Waals surface area contributed by atoms with Crippen molar-refractivity contribution in [3.8, 4) is 0 Å². The number of likely N-dealkylation sites (N-methyl/N-ethyl adjacent to an activating group) is 1. The number of esters is 1. The molecule has 0 amide bonds. The molecular weight excluding hydrogens is 252 g/mol. The SMILES string of the molecule is CCNC(CCSc1n[nH]c(C)n1)C(=O)OCC. The molecule has 0 spiro atoms. The minimum Gasteiger partial charge on any atom is -0.465 e. The summed E-state index contributed by atoms with van der Waals surface area (Å²) in [6, 6.07) is -0.248. The predicted octanol–water partition coefficient (Wildman–Crippen LogP) is 1.14. The summed E-state index contributed by atoms with van der Waals surface area (Å²) in [5.74, 6) is 1.38. The number of rotatable bonds is 8. The molecule has 0 aliphatic carbocycles. The zero-order chi connectivity index (χ0) is 13.4. The van der Waals surface area contributed by atoms with Crippen LogP contribution in [-0.4, -0.2) is 46.1 Å². The van der Waals surface area contributed by atoms with Crippen molar-refractivity contribution in [1.82, 2.24) is 20.5 Å². The highest BCUT2D eigenvalue weighted by atomic mass is 32.2. The number of hydrogen-bond donors (Lipinski definition) is 2. The van der Waals surface area contributed by atoms with Gasteiger partial charge < -0.3 is 10.1 Å². The summed E-state index contributed by atoms with van der Waals surface area (Å²) in [5.41, 5.74) is 0. The molecule has 6 nitrogen and oxygen atoms in total. The molecule has 0 aromatic carbocycles. The number of aromatic amines is 1. The van der Waals surface area contributed by atoms with Crippen molar-refractivity contribution in [2.45, 2.75) is 38.4 Å². The largest absolute Gasteiger partial charge is 0.465 e. The Morgan fingerprint density at radius 2 is 2.33 bits per heavy atom. The van der Waals surface area contributed by atoms with E-state index in [9.17, 15) is 4.79 Å². The van der Waals surface area contributed by atoms with Crippen molar-refractivity contribution in [2.75, 3.05) is 18.9 Å². The number of nitrogens with one attached hydrogen (secondary N) is 2. The van der Waals surface area contributed by atoms with Gasteiger partial charge in [-0.15, -0.1) is 5.10 Å². The maximum atomic E-state index is 11.6.